The molecule has 0 aliphatic rings. The minimum atomic E-state index is -2.03. The first-order chi connectivity index (χ1) is 6.45. The Morgan fingerprint density at radius 3 is 2.00 bits per heavy atom. The molecule has 0 aliphatic carbocycles. The molecule has 0 aromatic heterocycles. The summed E-state index contributed by atoms with van der Waals surface area (Å²) in [5.74, 6) is -2.66. The van der Waals surface area contributed by atoms with Gasteiger partial charge in [-0.3, -0.25) is 9.59 Å². The van der Waals surface area contributed by atoms with Crippen LogP contribution in [0.15, 0.2) is 0 Å². The molecule has 0 radical (unpaired) electrons. The number of aliphatic hydroxyl groups excluding tert-OH is 4. The third kappa shape index (κ3) is 3.13. The maximum absolute atomic E-state index is 11.0. The molecule has 0 bridgehead atoms. The molecule has 14 heavy (non-hydrogen) atoms. The Kier molecular flexibility index (Phi) is 5.43. The number of ketones is 2. The number of rotatable bonds is 6. The van der Waals surface area contributed by atoms with Gasteiger partial charge in [-0.05, 0) is 0 Å². The Morgan fingerprint density at radius 2 is 1.64 bits per heavy atom. The van der Waals surface area contributed by atoms with Crippen molar-refractivity contribution in [2.24, 2.45) is 5.73 Å². The highest BCUT2D eigenvalue weighted by Gasteiger charge is 2.32. The highest BCUT2D eigenvalue weighted by atomic mass is 16.4. The van der Waals surface area contributed by atoms with Gasteiger partial charge in [-0.15, -0.1) is 0 Å². The molecule has 3 atom stereocenters. The molecule has 0 rings (SSSR count). The molecule has 82 valence electrons. The van der Waals surface area contributed by atoms with Crippen molar-refractivity contribution in [3.63, 3.8) is 0 Å². The standard InChI is InChI=1S/C7H13NO6/c8-1-3(10)5(12)7(14)6(13)4(11)2-9/h3-4,6,9-11,13H,1-2,8H2. The Labute approximate surface area is 79.8 Å². The van der Waals surface area contributed by atoms with E-state index in [1.807, 2.05) is 0 Å². The van der Waals surface area contributed by atoms with Crippen molar-refractivity contribution in [3.05, 3.63) is 0 Å². The molecule has 6 N–H and O–H groups in total. The van der Waals surface area contributed by atoms with E-state index in [0.717, 1.165) is 0 Å². The van der Waals surface area contributed by atoms with Gasteiger partial charge in [0, 0.05) is 6.54 Å². The first kappa shape index (κ1) is 13.1. The second-order valence-electron chi connectivity index (χ2n) is 2.67. The summed E-state index contributed by atoms with van der Waals surface area (Å²) in [7, 11) is 0. The Morgan fingerprint density at radius 1 is 1.14 bits per heavy atom. The lowest BCUT2D eigenvalue weighted by molar-refractivity contribution is -0.150. The van der Waals surface area contributed by atoms with Crippen molar-refractivity contribution in [1.82, 2.24) is 0 Å². The van der Waals surface area contributed by atoms with Crippen LogP contribution in [0.5, 0.6) is 0 Å². The molecule has 0 aliphatic heterocycles. The number of hydrogen-bond donors (Lipinski definition) is 5. The van der Waals surface area contributed by atoms with Crippen molar-refractivity contribution in [1.29, 1.82) is 0 Å². The third-order valence-electron chi connectivity index (χ3n) is 1.59. The summed E-state index contributed by atoms with van der Waals surface area (Å²) in [5.41, 5.74) is 4.90. The largest absolute Gasteiger partial charge is 0.394 e. The molecule has 0 saturated heterocycles. The van der Waals surface area contributed by atoms with Gasteiger partial charge < -0.3 is 26.2 Å². The highest BCUT2D eigenvalue weighted by molar-refractivity contribution is 6.40. The zero-order chi connectivity index (χ0) is 11.3. The van der Waals surface area contributed by atoms with Crippen LogP contribution in [0.25, 0.3) is 0 Å². The molecule has 7 nitrogen and oxygen atoms in total. The number of carbonyl (C=O) groups is 2. The van der Waals surface area contributed by atoms with E-state index in [1.54, 1.807) is 0 Å². The van der Waals surface area contributed by atoms with E-state index < -0.39 is 43.0 Å². The van der Waals surface area contributed by atoms with Crippen LogP contribution in [-0.4, -0.2) is 63.5 Å². The van der Waals surface area contributed by atoms with Gasteiger partial charge in [-0.25, -0.2) is 0 Å². The van der Waals surface area contributed by atoms with Crippen molar-refractivity contribution in [2.75, 3.05) is 13.2 Å². The van der Waals surface area contributed by atoms with Gasteiger partial charge in [-0.1, -0.05) is 0 Å². The lowest BCUT2D eigenvalue weighted by atomic mass is 10.0. The summed E-state index contributed by atoms with van der Waals surface area (Å²) in [6.45, 7) is -1.31. The van der Waals surface area contributed by atoms with Crippen molar-refractivity contribution < 1.29 is 30.0 Å². The zero-order valence-electron chi connectivity index (χ0n) is 7.33. The number of Topliss-reactive ketones (excluding diaryl/α,β-unsaturated/α-hetero) is 2. The maximum atomic E-state index is 11.0. The van der Waals surface area contributed by atoms with E-state index in [4.69, 9.17) is 26.2 Å². The summed E-state index contributed by atoms with van der Waals surface area (Å²) >= 11 is 0. The first-order valence-electron chi connectivity index (χ1n) is 3.88. The maximum Gasteiger partial charge on any atom is 0.232 e. The smallest absolute Gasteiger partial charge is 0.232 e. The van der Waals surface area contributed by atoms with Gasteiger partial charge in [-0.2, -0.15) is 0 Å². The van der Waals surface area contributed by atoms with Gasteiger partial charge in [0.25, 0.3) is 0 Å². The molecule has 7 heteroatoms. The summed E-state index contributed by atoms with van der Waals surface area (Å²) in [4.78, 5) is 21.9. The van der Waals surface area contributed by atoms with E-state index >= 15 is 0 Å². The minimum Gasteiger partial charge on any atom is -0.394 e. The van der Waals surface area contributed by atoms with Crippen LogP contribution in [0, 0.1) is 0 Å². The second kappa shape index (κ2) is 5.78. The molecular weight excluding hydrogens is 194 g/mol. The second-order valence-corrected chi connectivity index (χ2v) is 2.67. The molecule has 0 fully saturated rings. The van der Waals surface area contributed by atoms with Crippen LogP contribution in [0.3, 0.4) is 0 Å². The summed E-state index contributed by atoms with van der Waals surface area (Å²) in [6, 6.07) is 0. The molecular formula is C7H13NO6. The summed E-state index contributed by atoms with van der Waals surface area (Å²) < 4.78 is 0. The van der Waals surface area contributed by atoms with Crippen LogP contribution in [0.2, 0.25) is 0 Å². The molecule has 3 unspecified atom stereocenters. The minimum absolute atomic E-state index is 0.452. The fourth-order valence-electron chi connectivity index (χ4n) is 0.692. The van der Waals surface area contributed by atoms with Gasteiger partial charge >= 0.3 is 0 Å². The molecule has 0 saturated carbocycles. The van der Waals surface area contributed by atoms with Crippen LogP contribution >= 0.6 is 0 Å². The highest BCUT2D eigenvalue weighted by Crippen LogP contribution is 1.98. The van der Waals surface area contributed by atoms with Crippen molar-refractivity contribution >= 4 is 11.6 Å². The molecule has 0 heterocycles. The van der Waals surface area contributed by atoms with E-state index in [9.17, 15) is 9.59 Å². The van der Waals surface area contributed by atoms with Crippen LogP contribution in [-0.2, 0) is 9.59 Å². The fraction of sp³-hybridized carbons (Fsp3) is 0.714. The molecule has 0 spiro atoms. The van der Waals surface area contributed by atoms with Crippen molar-refractivity contribution in [3.8, 4) is 0 Å². The van der Waals surface area contributed by atoms with Gasteiger partial charge in [0.15, 0.2) is 0 Å². The average molecular weight is 207 g/mol. The quantitative estimate of drug-likeness (QED) is 0.281. The average Bonchev–Trinajstić information content (AvgIpc) is 2.23. The van der Waals surface area contributed by atoms with Crippen molar-refractivity contribution in [2.45, 2.75) is 18.3 Å². The van der Waals surface area contributed by atoms with Crippen LogP contribution in [0.4, 0.5) is 0 Å². The van der Waals surface area contributed by atoms with E-state index in [1.165, 1.54) is 0 Å². The SMILES string of the molecule is NCC(O)C(=O)C(=O)C(O)C(O)CO. The number of carbonyl (C=O) groups excluding carboxylic acids is 2. The normalized spacial score (nSPS) is 17.2. The lowest BCUT2D eigenvalue weighted by Crippen LogP contribution is -2.45. The van der Waals surface area contributed by atoms with Crippen LogP contribution < -0.4 is 5.73 Å². The predicted octanol–water partition coefficient (Wildman–Crippen LogP) is -3.84. The molecule has 0 amide bonds. The Balaban J connectivity index is 4.39. The van der Waals surface area contributed by atoms with E-state index in [0.29, 0.717) is 0 Å². The number of hydrogen-bond acceptors (Lipinski definition) is 7. The third-order valence-corrected chi connectivity index (χ3v) is 1.59. The van der Waals surface area contributed by atoms with E-state index in [2.05, 4.69) is 0 Å². The van der Waals surface area contributed by atoms with Crippen LogP contribution in [0.1, 0.15) is 0 Å². The zero-order valence-corrected chi connectivity index (χ0v) is 7.33. The number of aliphatic hydroxyl groups is 4. The predicted molar refractivity (Wildman–Crippen MR) is 44.2 cm³/mol. The molecule has 0 aromatic rings. The number of nitrogens with two attached hydrogens (primary N) is 1. The Hall–Kier alpha value is -0.860. The molecule has 0 aromatic carbocycles. The van der Waals surface area contributed by atoms with E-state index in [-0.39, 0.29) is 0 Å². The first-order valence-corrected chi connectivity index (χ1v) is 3.88. The summed E-state index contributed by atoms with van der Waals surface area (Å²) in [5, 5.41) is 35.0. The fourth-order valence-corrected chi connectivity index (χ4v) is 0.692. The summed E-state index contributed by atoms with van der Waals surface area (Å²) in [6.07, 6.45) is -5.46. The van der Waals surface area contributed by atoms with Gasteiger partial charge in [0.1, 0.15) is 18.3 Å². The lowest BCUT2D eigenvalue weighted by Gasteiger charge is -2.14. The van der Waals surface area contributed by atoms with Gasteiger partial charge in [0.05, 0.1) is 6.61 Å². The topological polar surface area (TPSA) is 141 Å². The van der Waals surface area contributed by atoms with Gasteiger partial charge in [0.2, 0.25) is 11.6 Å². The Bertz CT molecular complexity index is 218. The monoisotopic (exact) mass is 207 g/mol.